The highest BCUT2D eigenvalue weighted by Crippen LogP contribution is 2.20. The third-order valence-electron chi connectivity index (χ3n) is 4.66. The minimum atomic E-state index is -0.510. The van der Waals surface area contributed by atoms with Gasteiger partial charge >= 0.3 is 5.97 Å². The lowest BCUT2D eigenvalue weighted by Gasteiger charge is -2.16. The van der Waals surface area contributed by atoms with Crippen molar-refractivity contribution in [2.45, 2.75) is 44.6 Å². The van der Waals surface area contributed by atoms with Gasteiger partial charge in [0.2, 0.25) is 5.95 Å². The average molecular weight is 368 g/mol. The summed E-state index contributed by atoms with van der Waals surface area (Å²) in [5.74, 6) is -0.460. The zero-order valence-electron chi connectivity index (χ0n) is 15.4. The standard InChI is InChI=1S/C20H24N4O3/c1-27-19(26)15-10-6-7-11-16(15)23-18(25)17-12-13-21-20(24-17)22-14-8-4-2-3-5-9-14/h6-7,10-14H,2-5,8-9H2,1H3,(H,23,25)(H,21,22,24). The highest BCUT2D eigenvalue weighted by atomic mass is 16.5. The van der Waals surface area contributed by atoms with E-state index in [-0.39, 0.29) is 5.69 Å². The minimum absolute atomic E-state index is 0.237. The molecule has 7 nitrogen and oxygen atoms in total. The Balaban J connectivity index is 1.71. The molecule has 1 aliphatic rings. The second kappa shape index (κ2) is 9.12. The number of hydrogen-bond acceptors (Lipinski definition) is 6. The monoisotopic (exact) mass is 368 g/mol. The van der Waals surface area contributed by atoms with Crippen molar-refractivity contribution in [1.82, 2.24) is 9.97 Å². The number of esters is 1. The fourth-order valence-corrected chi connectivity index (χ4v) is 3.23. The molecule has 1 aromatic carbocycles. The molecule has 27 heavy (non-hydrogen) atoms. The lowest BCUT2D eigenvalue weighted by atomic mass is 10.1. The van der Waals surface area contributed by atoms with Crippen molar-refractivity contribution in [1.29, 1.82) is 0 Å². The molecule has 0 atom stereocenters. The third-order valence-corrected chi connectivity index (χ3v) is 4.66. The summed E-state index contributed by atoms with van der Waals surface area (Å²) >= 11 is 0. The van der Waals surface area contributed by atoms with Gasteiger partial charge in [-0.1, -0.05) is 37.8 Å². The molecule has 0 bridgehead atoms. The molecule has 1 saturated carbocycles. The number of benzene rings is 1. The lowest BCUT2D eigenvalue weighted by Crippen LogP contribution is -2.22. The summed E-state index contributed by atoms with van der Waals surface area (Å²) in [7, 11) is 1.30. The van der Waals surface area contributed by atoms with Crippen LogP contribution in [-0.4, -0.2) is 35.0 Å². The highest BCUT2D eigenvalue weighted by Gasteiger charge is 2.17. The molecule has 0 radical (unpaired) electrons. The first kappa shape index (κ1) is 18.8. The van der Waals surface area contributed by atoms with Crippen molar-refractivity contribution in [3.05, 3.63) is 47.8 Å². The van der Waals surface area contributed by atoms with Crippen LogP contribution >= 0.6 is 0 Å². The lowest BCUT2D eigenvalue weighted by molar-refractivity contribution is 0.0602. The molecule has 1 heterocycles. The van der Waals surface area contributed by atoms with Crippen molar-refractivity contribution in [2.24, 2.45) is 0 Å². The summed E-state index contributed by atoms with van der Waals surface area (Å²) in [4.78, 5) is 33.0. The first-order valence-corrected chi connectivity index (χ1v) is 9.25. The molecule has 0 spiro atoms. The van der Waals surface area contributed by atoms with Gasteiger partial charge in [0, 0.05) is 12.2 Å². The Morgan fingerprint density at radius 2 is 1.81 bits per heavy atom. The van der Waals surface area contributed by atoms with Gasteiger partial charge in [0.05, 0.1) is 18.4 Å². The number of anilines is 2. The molecule has 0 saturated heterocycles. The fraction of sp³-hybridized carbons (Fsp3) is 0.400. The van der Waals surface area contributed by atoms with E-state index in [1.807, 2.05) is 0 Å². The molecule has 7 heteroatoms. The maximum Gasteiger partial charge on any atom is 0.339 e. The molecule has 0 aliphatic heterocycles. The van der Waals surface area contributed by atoms with Crippen molar-refractivity contribution in [3.63, 3.8) is 0 Å². The van der Waals surface area contributed by atoms with Crippen molar-refractivity contribution >= 4 is 23.5 Å². The van der Waals surface area contributed by atoms with Crippen LogP contribution in [0.15, 0.2) is 36.5 Å². The van der Waals surface area contributed by atoms with E-state index in [2.05, 4.69) is 20.6 Å². The van der Waals surface area contributed by atoms with Crippen LogP contribution in [0.4, 0.5) is 11.6 Å². The Hall–Kier alpha value is -2.96. The van der Waals surface area contributed by atoms with E-state index in [1.54, 1.807) is 36.5 Å². The summed E-state index contributed by atoms with van der Waals surface area (Å²) < 4.78 is 4.75. The first-order valence-electron chi connectivity index (χ1n) is 9.25. The smallest absolute Gasteiger partial charge is 0.339 e. The van der Waals surface area contributed by atoms with Crippen molar-refractivity contribution in [3.8, 4) is 0 Å². The SMILES string of the molecule is COC(=O)c1ccccc1NC(=O)c1ccnc(NC2CCCCCC2)n1. The summed E-state index contributed by atoms with van der Waals surface area (Å²) in [6, 6.07) is 8.58. The van der Waals surface area contributed by atoms with Gasteiger partial charge in [0.1, 0.15) is 5.69 Å². The average Bonchev–Trinajstić information content (AvgIpc) is 2.96. The highest BCUT2D eigenvalue weighted by molar-refractivity contribution is 6.07. The maximum absolute atomic E-state index is 12.6. The number of nitrogens with zero attached hydrogens (tertiary/aromatic N) is 2. The van der Waals surface area contributed by atoms with Crippen LogP contribution in [-0.2, 0) is 4.74 Å². The molecular weight excluding hydrogens is 344 g/mol. The van der Waals surface area contributed by atoms with E-state index in [0.29, 0.717) is 23.2 Å². The summed E-state index contributed by atoms with van der Waals surface area (Å²) in [5.41, 5.74) is 0.909. The van der Waals surface area contributed by atoms with Crippen LogP contribution in [0.3, 0.4) is 0 Å². The van der Waals surface area contributed by atoms with Gasteiger partial charge in [-0.05, 0) is 31.0 Å². The number of aromatic nitrogens is 2. The van der Waals surface area contributed by atoms with E-state index in [0.717, 1.165) is 12.8 Å². The van der Waals surface area contributed by atoms with Gasteiger partial charge in [0.25, 0.3) is 5.91 Å². The number of nitrogens with one attached hydrogen (secondary N) is 2. The summed E-state index contributed by atoms with van der Waals surface area (Å²) in [6.07, 6.45) is 8.66. The van der Waals surface area contributed by atoms with Gasteiger partial charge in [0.15, 0.2) is 0 Å². The summed E-state index contributed by atoms with van der Waals surface area (Å²) in [5, 5.41) is 6.07. The van der Waals surface area contributed by atoms with Crippen molar-refractivity contribution in [2.75, 3.05) is 17.7 Å². The molecule has 2 aromatic rings. The molecule has 2 N–H and O–H groups in total. The van der Waals surface area contributed by atoms with Gasteiger partial charge in [-0.15, -0.1) is 0 Å². The number of para-hydroxylation sites is 1. The van der Waals surface area contributed by atoms with Gasteiger partial charge in [-0.25, -0.2) is 14.8 Å². The molecule has 0 unspecified atom stereocenters. The number of carbonyl (C=O) groups is 2. The van der Waals surface area contributed by atoms with Gasteiger partial charge < -0.3 is 15.4 Å². The van der Waals surface area contributed by atoms with Crippen LogP contribution in [0.5, 0.6) is 0 Å². The van der Waals surface area contributed by atoms with Gasteiger partial charge in [-0.3, -0.25) is 4.79 Å². The first-order chi connectivity index (χ1) is 13.2. The molecule has 1 aromatic heterocycles. The zero-order valence-corrected chi connectivity index (χ0v) is 15.4. The topological polar surface area (TPSA) is 93.2 Å². The molecule has 142 valence electrons. The predicted molar refractivity (Wildman–Crippen MR) is 103 cm³/mol. The second-order valence-electron chi connectivity index (χ2n) is 6.59. The van der Waals surface area contributed by atoms with E-state index in [4.69, 9.17) is 4.74 Å². The second-order valence-corrected chi connectivity index (χ2v) is 6.59. The number of carbonyl (C=O) groups excluding carboxylic acids is 2. The van der Waals surface area contributed by atoms with Crippen LogP contribution in [0.25, 0.3) is 0 Å². The Kier molecular flexibility index (Phi) is 6.35. The fourth-order valence-electron chi connectivity index (χ4n) is 3.23. The number of rotatable bonds is 5. The van der Waals surface area contributed by atoms with Crippen LogP contribution in [0.1, 0.15) is 59.4 Å². The molecule has 3 rings (SSSR count). The largest absolute Gasteiger partial charge is 0.465 e. The van der Waals surface area contributed by atoms with Crippen LogP contribution in [0.2, 0.25) is 0 Å². The maximum atomic E-state index is 12.6. The molecule has 1 fully saturated rings. The van der Waals surface area contributed by atoms with Gasteiger partial charge in [-0.2, -0.15) is 0 Å². The number of hydrogen-bond donors (Lipinski definition) is 2. The predicted octanol–water partition coefficient (Wildman–Crippen LogP) is 3.65. The third kappa shape index (κ3) is 5.03. The Morgan fingerprint density at radius 3 is 2.56 bits per heavy atom. The number of ether oxygens (including phenoxy) is 1. The van der Waals surface area contributed by atoms with Crippen LogP contribution < -0.4 is 10.6 Å². The molecule has 1 amide bonds. The van der Waals surface area contributed by atoms with E-state index in [1.165, 1.54) is 32.8 Å². The Bertz CT molecular complexity index is 801. The Morgan fingerprint density at radius 1 is 1.07 bits per heavy atom. The molecular formula is C20H24N4O3. The quantitative estimate of drug-likeness (QED) is 0.618. The number of amides is 1. The Labute approximate surface area is 158 Å². The van der Waals surface area contributed by atoms with E-state index >= 15 is 0 Å². The van der Waals surface area contributed by atoms with Crippen LogP contribution in [0, 0.1) is 0 Å². The molecule has 1 aliphatic carbocycles. The summed E-state index contributed by atoms with van der Waals surface area (Å²) in [6.45, 7) is 0. The minimum Gasteiger partial charge on any atom is -0.465 e. The van der Waals surface area contributed by atoms with E-state index in [9.17, 15) is 9.59 Å². The van der Waals surface area contributed by atoms with E-state index < -0.39 is 11.9 Å². The van der Waals surface area contributed by atoms with Crippen molar-refractivity contribution < 1.29 is 14.3 Å². The number of methoxy groups -OCH3 is 1. The zero-order chi connectivity index (χ0) is 19.1. The normalized spacial score (nSPS) is 14.9.